The first-order valence-corrected chi connectivity index (χ1v) is 8.58. The quantitative estimate of drug-likeness (QED) is 0.767. The maximum Gasteiger partial charge on any atom is 0.218 e. The summed E-state index contributed by atoms with van der Waals surface area (Å²) in [5.41, 5.74) is 1.85. The van der Waals surface area contributed by atoms with Crippen LogP contribution in [-0.4, -0.2) is 9.48 Å². The predicted molar refractivity (Wildman–Crippen MR) is 92.7 cm³/mol. The fraction of sp³-hybridized carbons (Fsp3) is 0.412. The lowest BCUT2D eigenvalue weighted by molar-refractivity contribution is 0.425. The van der Waals surface area contributed by atoms with E-state index in [4.69, 9.17) is 16.3 Å². The second-order valence-electron chi connectivity index (χ2n) is 5.74. The van der Waals surface area contributed by atoms with Crippen molar-refractivity contribution < 1.29 is 9.84 Å². The van der Waals surface area contributed by atoms with Gasteiger partial charge in [0.15, 0.2) is 0 Å². The molecule has 0 bridgehead atoms. The number of hydrogen-bond acceptors (Lipinski definition) is 5. The van der Waals surface area contributed by atoms with E-state index in [0.29, 0.717) is 16.4 Å². The molecule has 0 fully saturated rings. The van der Waals surface area contributed by atoms with Crippen LogP contribution in [0.3, 0.4) is 0 Å². The molecule has 0 unspecified atom stereocenters. The highest BCUT2D eigenvalue weighted by Crippen LogP contribution is 2.41. The smallest absolute Gasteiger partial charge is 0.218 e. The summed E-state index contributed by atoms with van der Waals surface area (Å²) in [5, 5.41) is 19.8. The number of phenols is 1. The molecule has 0 aliphatic heterocycles. The standard InChI is InChI=1S/C17H19ClN2O2S/c1-5-17(4,6-2)15-11(9-19)16(23-20-15)22-14-8-12(18)13(21)7-10(14)3/h7-8,21H,5-6H2,1-4H3. The fourth-order valence-electron chi connectivity index (χ4n) is 2.30. The lowest BCUT2D eigenvalue weighted by Crippen LogP contribution is -2.21. The second-order valence-corrected chi connectivity index (χ2v) is 6.89. The summed E-state index contributed by atoms with van der Waals surface area (Å²) in [6.07, 6.45) is 1.79. The Morgan fingerprint density at radius 2 is 2.04 bits per heavy atom. The zero-order valence-corrected chi connectivity index (χ0v) is 15.2. The summed E-state index contributed by atoms with van der Waals surface area (Å²) < 4.78 is 10.3. The van der Waals surface area contributed by atoms with Gasteiger partial charge in [0, 0.05) is 23.0 Å². The maximum absolute atomic E-state index is 9.62. The van der Waals surface area contributed by atoms with Gasteiger partial charge in [-0.05, 0) is 31.4 Å². The van der Waals surface area contributed by atoms with Crippen LogP contribution in [0.15, 0.2) is 12.1 Å². The van der Waals surface area contributed by atoms with Gasteiger partial charge in [0.1, 0.15) is 23.1 Å². The topological polar surface area (TPSA) is 66.1 Å². The SMILES string of the molecule is CCC(C)(CC)c1nsc(Oc2cc(Cl)c(O)cc2C)c1C#N. The highest BCUT2D eigenvalue weighted by molar-refractivity contribution is 7.08. The summed E-state index contributed by atoms with van der Waals surface area (Å²) in [4.78, 5) is 0. The van der Waals surface area contributed by atoms with Crippen LogP contribution in [0.25, 0.3) is 0 Å². The van der Waals surface area contributed by atoms with Gasteiger partial charge in [0.05, 0.1) is 10.7 Å². The van der Waals surface area contributed by atoms with E-state index in [2.05, 4.69) is 31.2 Å². The lowest BCUT2D eigenvalue weighted by atomic mass is 9.80. The van der Waals surface area contributed by atoms with Crippen LogP contribution >= 0.6 is 23.1 Å². The van der Waals surface area contributed by atoms with E-state index in [-0.39, 0.29) is 16.2 Å². The summed E-state index contributed by atoms with van der Waals surface area (Å²) in [6, 6.07) is 5.31. The van der Waals surface area contributed by atoms with E-state index < -0.39 is 0 Å². The third-order valence-corrected chi connectivity index (χ3v) is 5.38. The normalized spacial score (nSPS) is 11.3. The number of ether oxygens (including phenoxy) is 1. The number of nitrogens with zero attached hydrogens (tertiary/aromatic N) is 2. The molecule has 0 saturated heterocycles. The fourth-order valence-corrected chi connectivity index (χ4v) is 3.30. The summed E-state index contributed by atoms with van der Waals surface area (Å²) in [5.74, 6) is 0.515. The third kappa shape index (κ3) is 3.29. The predicted octanol–water partition coefficient (Wildman–Crippen LogP) is 5.55. The van der Waals surface area contributed by atoms with E-state index in [9.17, 15) is 10.4 Å². The molecule has 0 amide bonds. The molecule has 0 atom stereocenters. The molecule has 23 heavy (non-hydrogen) atoms. The minimum absolute atomic E-state index is 0.00607. The third-order valence-electron chi connectivity index (χ3n) is 4.35. The lowest BCUT2D eigenvalue weighted by Gasteiger charge is -2.24. The highest BCUT2D eigenvalue weighted by Gasteiger charge is 2.31. The van der Waals surface area contributed by atoms with Crippen LogP contribution in [0, 0.1) is 18.3 Å². The average molecular weight is 351 g/mol. The minimum atomic E-state index is -0.148. The zero-order chi connectivity index (χ0) is 17.2. The molecule has 0 spiro atoms. The number of nitriles is 1. The Hall–Kier alpha value is -1.77. The summed E-state index contributed by atoms with van der Waals surface area (Å²) in [7, 11) is 0. The molecular formula is C17H19ClN2O2S. The Bertz CT molecular complexity index is 761. The van der Waals surface area contributed by atoms with Gasteiger partial charge in [0.25, 0.3) is 0 Å². The van der Waals surface area contributed by atoms with E-state index in [0.717, 1.165) is 24.1 Å². The molecule has 1 N–H and O–H groups in total. The Balaban J connectivity index is 2.45. The number of aryl methyl sites for hydroxylation is 1. The van der Waals surface area contributed by atoms with Crippen molar-refractivity contribution in [2.75, 3.05) is 0 Å². The van der Waals surface area contributed by atoms with E-state index in [1.54, 1.807) is 6.07 Å². The number of benzene rings is 1. The van der Waals surface area contributed by atoms with Crippen molar-refractivity contribution in [3.8, 4) is 22.6 Å². The van der Waals surface area contributed by atoms with Crippen LogP contribution in [0.1, 0.15) is 50.4 Å². The molecule has 1 aromatic carbocycles. The largest absolute Gasteiger partial charge is 0.506 e. The number of halogens is 1. The molecule has 0 aliphatic rings. The van der Waals surface area contributed by atoms with Crippen molar-refractivity contribution in [3.63, 3.8) is 0 Å². The first-order valence-electron chi connectivity index (χ1n) is 7.43. The Morgan fingerprint density at radius 3 is 2.61 bits per heavy atom. The van der Waals surface area contributed by atoms with Crippen LogP contribution < -0.4 is 4.74 Å². The minimum Gasteiger partial charge on any atom is -0.506 e. The van der Waals surface area contributed by atoms with Crippen molar-refractivity contribution in [1.29, 1.82) is 5.26 Å². The van der Waals surface area contributed by atoms with Gasteiger partial charge < -0.3 is 9.84 Å². The zero-order valence-electron chi connectivity index (χ0n) is 13.6. The molecular weight excluding hydrogens is 332 g/mol. The van der Waals surface area contributed by atoms with Crippen molar-refractivity contribution in [3.05, 3.63) is 34.0 Å². The Morgan fingerprint density at radius 1 is 1.39 bits per heavy atom. The average Bonchev–Trinajstić information content (AvgIpc) is 2.95. The molecule has 6 heteroatoms. The first-order chi connectivity index (χ1) is 10.9. The van der Waals surface area contributed by atoms with Crippen molar-refractivity contribution in [2.45, 2.75) is 46.0 Å². The van der Waals surface area contributed by atoms with Crippen LogP contribution in [0.2, 0.25) is 5.02 Å². The van der Waals surface area contributed by atoms with Crippen molar-refractivity contribution in [1.82, 2.24) is 4.37 Å². The monoisotopic (exact) mass is 350 g/mol. The molecule has 4 nitrogen and oxygen atoms in total. The van der Waals surface area contributed by atoms with Gasteiger partial charge in [0.2, 0.25) is 5.06 Å². The van der Waals surface area contributed by atoms with Gasteiger partial charge >= 0.3 is 0 Å². The van der Waals surface area contributed by atoms with Gasteiger partial charge in [-0.2, -0.15) is 9.64 Å². The first kappa shape index (κ1) is 17.6. The second kappa shape index (κ2) is 6.77. The molecule has 1 aromatic heterocycles. The molecule has 1 heterocycles. The number of phenolic OH excluding ortho intramolecular Hbond substituents is 1. The highest BCUT2D eigenvalue weighted by atomic mass is 35.5. The van der Waals surface area contributed by atoms with E-state index >= 15 is 0 Å². The summed E-state index contributed by atoms with van der Waals surface area (Å²) in [6.45, 7) is 8.10. The number of rotatable bonds is 5. The molecule has 0 aliphatic carbocycles. The van der Waals surface area contributed by atoms with Gasteiger partial charge in [-0.3, -0.25) is 0 Å². The van der Waals surface area contributed by atoms with Gasteiger partial charge in [-0.25, -0.2) is 0 Å². The van der Waals surface area contributed by atoms with Crippen LogP contribution in [0.4, 0.5) is 0 Å². The maximum atomic E-state index is 9.62. The Labute approximate surface area is 145 Å². The van der Waals surface area contributed by atoms with Crippen LogP contribution in [0.5, 0.6) is 16.6 Å². The molecule has 2 rings (SSSR count). The van der Waals surface area contributed by atoms with E-state index in [1.807, 2.05) is 6.92 Å². The van der Waals surface area contributed by atoms with Crippen molar-refractivity contribution in [2.24, 2.45) is 0 Å². The molecule has 2 aromatic rings. The van der Waals surface area contributed by atoms with Gasteiger partial charge in [-0.15, -0.1) is 0 Å². The Kier molecular flexibility index (Phi) is 5.18. The number of aromatic hydroxyl groups is 1. The number of hydrogen-bond donors (Lipinski definition) is 1. The molecule has 0 saturated carbocycles. The van der Waals surface area contributed by atoms with Crippen molar-refractivity contribution >= 4 is 23.1 Å². The van der Waals surface area contributed by atoms with Gasteiger partial charge in [-0.1, -0.05) is 32.4 Å². The molecule has 0 radical (unpaired) electrons. The molecule has 122 valence electrons. The summed E-state index contributed by atoms with van der Waals surface area (Å²) >= 11 is 7.11. The van der Waals surface area contributed by atoms with Crippen LogP contribution in [-0.2, 0) is 5.41 Å². The number of aromatic nitrogens is 1. The van der Waals surface area contributed by atoms with E-state index in [1.165, 1.54) is 17.6 Å².